The maximum atomic E-state index is 12.6. The van der Waals surface area contributed by atoms with Crippen molar-refractivity contribution in [3.63, 3.8) is 0 Å². The number of aromatic nitrogens is 2. The molecule has 25 heavy (non-hydrogen) atoms. The van der Waals surface area contributed by atoms with E-state index in [1.165, 1.54) is 0 Å². The average Bonchev–Trinajstić information content (AvgIpc) is 2.67. The van der Waals surface area contributed by atoms with Crippen molar-refractivity contribution in [2.75, 3.05) is 0 Å². The van der Waals surface area contributed by atoms with Gasteiger partial charge in [-0.1, -0.05) is 54.6 Å². The number of para-hydroxylation sites is 1. The Labute approximate surface area is 144 Å². The maximum absolute atomic E-state index is 12.6. The minimum absolute atomic E-state index is 0.0205. The number of hydrogen-bond acceptors (Lipinski definition) is 4. The van der Waals surface area contributed by atoms with Crippen molar-refractivity contribution in [3.8, 4) is 17.8 Å². The first-order valence-corrected chi connectivity index (χ1v) is 7.50. The molecule has 0 unspecified atom stereocenters. The van der Waals surface area contributed by atoms with Gasteiger partial charge in [-0.25, -0.2) is 0 Å². The number of benzene rings is 2. The van der Waals surface area contributed by atoms with Gasteiger partial charge in [0.05, 0.1) is 5.69 Å². The highest BCUT2D eigenvalue weighted by Gasteiger charge is 2.16. The molecule has 1 heterocycles. The molecule has 0 aliphatic carbocycles. The maximum Gasteiger partial charge on any atom is 0.290 e. The predicted molar refractivity (Wildman–Crippen MR) is 94.6 cm³/mol. The van der Waals surface area contributed by atoms with E-state index in [1.54, 1.807) is 36.4 Å². The molecule has 0 saturated heterocycles. The minimum Gasteiger partial charge on any atom is -0.266 e. The second-order valence-corrected chi connectivity index (χ2v) is 5.16. The van der Waals surface area contributed by atoms with Gasteiger partial charge in [-0.2, -0.15) is 20.3 Å². The van der Waals surface area contributed by atoms with Crippen LogP contribution in [0.4, 0.5) is 0 Å². The molecule has 0 atom stereocenters. The van der Waals surface area contributed by atoms with Crippen LogP contribution in [-0.2, 0) is 0 Å². The van der Waals surface area contributed by atoms with Crippen molar-refractivity contribution in [2.45, 2.75) is 0 Å². The molecule has 0 bridgehead atoms. The Kier molecular flexibility index (Phi) is 4.51. The molecule has 0 saturated carbocycles. The average molecular weight is 324 g/mol. The topological polar surface area (TPSA) is 82.5 Å². The van der Waals surface area contributed by atoms with E-state index in [4.69, 9.17) is 0 Å². The van der Waals surface area contributed by atoms with Crippen molar-refractivity contribution >= 4 is 12.2 Å². The zero-order valence-electron chi connectivity index (χ0n) is 13.1. The molecule has 118 valence electrons. The predicted octanol–water partition coefficient (Wildman–Crippen LogP) is 3.15. The molecule has 0 aliphatic rings. The van der Waals surface area contributed by atoms with Crippen molar-refractivity contribution in [3.05, 3.63) is 93.4 Å². The molecular weight excluding hydrogens is 312 g/mol. The molecule has 5 heteroatoms. The Bertz CT molecular complexity index is 1070. The highest BCUT2D eigenvalue weighted by molar-refractivity contribution is 5.74. The Hall–Kier alpha value is -3.96. The lowest BCUT2D eigenvalue weighted by molar-refractivity contribution is 0.792. The number of rotatable bonds is 3. The number of nitriles is 2. The van der Waals surface area contributed by atoms with Crippen LogP contribution in [0.2, 0.25) is 0 Å². The molecule has 3 aromatic rings. The van der Waals surface area contributed by atoms with Crippen LogP contribution in [0.5, 0.6) is 0 Å². The lowest BCUT2D eigenvalue weighted by Gasteiger charge is -2.08. The van der Waals surface area contributed by atoms with Crippen molar-refractivity contribution in [1.82, 2.24) is 9.78 Å². The van der Waals surface area contributed by atoms with E-state index >= 15 is 0 Å². The highest BCUT2D eigenvalue weighted by atomic mass is 16.1. The summed E-state index contributed by atoms with van der Waals surface area (Å²) in [5.74, 6) is 0. The fourth-order valence-electron chi connectivity index (χ4n) is 2.38. The van der Waals surface area contributed by atoms with Crippen LogP contribution in [0.3, 0.4) is 0 Å². The normalized spacial score (nSPS) is 10.3. The van der Waals surface area contributed by atoms with E-state index in [9.17, 15) is 15.3 Å². The first kappa shape index (κ1) is 15.9. The van der Waals surface area contributed by atoms with Gasteiger partial charge in [0.1, 0.15) is 17.7 Å². The number of hydrogen-bond donors (Lipinski definition) is 0. The van der Waals surface area contributed by atoms with Crippen molar-refractivity contribution in [1.29, 1.82) is 10.5 Å². The third-order valence-corrected chi connectivity index (χ3v) is 3.59. The van der Waals surface area contributed by atoms with E-state index in [-0.39, 0.29) is 16.8 Å². The molecule has 2 aromatic carbocycles. The largest absolute Gasteiger partial charge is 0.290 e. The molecule has 0 N–H and O–H groups in total. The van der Waals surface area contributed by atoms with Crippen molar-refractivity contribution < 1.29 is 0 Å². The van der Waals surface area contributed by atoms with Gasteiger partial charge in [-0.3, -0.25) is 4.79 Å². The third-order valence-electron chi connectivity index (χ3n) is 3.59. The van der Waals surface area contributed by atoms with Gasteiger partial charge in [-0.15, -0.1) is 0 Å². The van der Waals surface area contributed by atoms with E-state index < -0.39 is 5.56 Å². The van der Waals surface area contributed by atoms with E-state index in [0.717, 1.165) is 10.2 Å². The third kappa shape index (κ3) is 3.21. The number of nitrogens with zero attached hydrogens (tertiary/aromatic N) is 4. The van der Waals surface area contributed by atoms with Crippen LogP contribution in [0.25, 0.3) is 17.8 Å². The standard InChI is InChI=1S/C20H12N4O/c21-13-18-17(12-11-15-7-3-1-4-8-15)19(14-22)23-24(20(18)25)16-9-5-2-6-10-16/h1-12H/b12-11+. The van der Waals surface area contributed by atoms with Gasteiger partial charge in [0, 0.05) is 5.56 Å². The fourth-order valence-corrected chi connectivity index (χ4v) is 2.38. The summed E-state index contributed by atoms with van der Waals surface area (Å²) in [4.78, 5) is 12.6. The summed E-state index contributed by atoms with van der Waals surface area (Å²) >= 11 is 0. The molecule has 0 amide bonds. The summed E-state index contributed by atoms with van der Waals surface area (Å²) in [6, 6.07) is 22.0. The summed E-state index contributed by atoms with van der Waals surface area (Å²) in [6.45, 7) is 0. The fraction of sp³-hybridized carbons (Fsp3) is 0. The smallest absolute Gasteiger partial charge is 0.266 e. The SMILES string of the molecule is N#Cc1nn(-c2ccccc2)c(=O)c(C#N)c1/C=C/c1ccccc1. The summed E-state index contributed by atoms with van der Waals surface area (Å²) < 4.78 is 1.08. The quantitative estimate of drug-likeness (QED) is 0.741. The Balaban J connectivity index is 2.19. The second kappa shape index (κ2) is 7.08. The molecule has 0 spiro atoms. The monoisotopic (exact) mass is 324 g/mol. The lowest BCUT2D eigenvalue weighted by Crippen LogP contribution is -2.26. The van der Waals surface area contributed by atoms with Gasteiger partial charge >= 0.3 is 0 Å². The van der Waals surface area contributed by atoms with Crippen LogP contribution >= 0.6 is 0 Å². The van der Waals surface area contributed by atoms with Gasteiger partial charge in [0.2, 0.25) is 0 Å². The molecular formula is C20H12N4O. The second-order valence-electron chi connectivity index (χ2n) is 5.16. The molecule has 0 aliphatic heterocycles. The minimum atomic E-state index is -0.555. The van der Waals surface area contributed by atoms with E-state index in [1.807, 2.05) is 48.5 Å². The first-order chi connectivity index (χ1) is 12.2. The Morgan fingerprint density at radius 1 is 0.880 bits per heavy atom. The summed E-state index contributed by atoms with van der Waals surface area (Å²) in [5, 5.41) is 23.0. The van der Waals surface area contributed by atoms with E-state index in [0.29, 0.717) is 5.69 Å². The van der Waals surface area contributed by atoms with Crippen LogP contribution in [0.1, 0.15) is 22.4 Å². The molecule has 3 rings (SSSR count). The molecule has 1 aromatic heterocycles. The molecule has 0 fully saturated rings. The first-order valence-electron chi connectivity index (χ1n) is 7.50. The zero-order valence-corrected chi connectivity index (χ0v) is 13.1. The van der Waals surface area contributed by atoms with Crippen LogP contribution in [0, 0.1) is 22.7 Å². The van der Waals surface area contributed by atoms with E-state index in [2.05, 4.69) is 5.10 Å². The van der Waals surface area contributed by atoms with Crippen LogP contribution < -0.4 is 5.56 Å². The highest BCUT2D eigenvalue weighted by Crippen LogP contribution is 2.14. The van der Waals surface area contributed by atoms with Crippen molar-refractivity contribution in [2.24, 2.45) is 0 Å². The van der Waals surface area contributed by atoms with Crippen LogP contribution in [0.15, 0.2) is 65.5 Å². The summed E-state index contributed by atoms with van der Waals surface area (Å²) in [7, 11) is 0. The zero-order chi connectivity index (χ0) is 17.6. The van der Waals surface area contributed by atoms with Crippen LogP contribution in [-0.4, -0.2) is 9.78 Å². The van der Waals surface area contributed by atoms with Gasteiger partial charge in [0.25, 0.3) is 5.56 Å². The molecule has 5 nitrogen and oxygen atoms in total. The summed E-state index contributed by atoms with van der Waals surface area (Å²) in [6.07, 6.45) is 3.32. The van der Waals surface area contributed by atoms with Gasteiger partial charge in [0.15, 0.2) is 5.69 Å². The Morgan fingerprint density at radius 3 is 2.12 bits per heavy atom. The Morgan fingerprint density at radius 2 is 1.52 bits per heavy atom. The van der Waals surface area contributed by atoms with Gasteiger partial charge in [-0.05, 0) is 23.8 Å². The van der Waals surface area contributed by atoms with Gasteiger partial charge < -0.3 is 0 Å². The lowest BCUT2D eigenvalue weighted by atomic mass is 10.1. The summed E-state index contributed by atoms with van der Waals surface area (Å²) in [5.41, 5.74) is 0.975. The molecule has 0 radical (unpaired) electrons.